The van der Waals surface area contributed by atoms with Crippen molar-refractivity contribution in [2.24, 2.45) is 5.92 Å². The molecule has 1 atom stereocenters. The summed E-state index contributed by atoms with van der Waals surface area (Å²) in [5.41, 5.74) is 0. The third-order valence-corrected chi connectivity index (χ3v) is 2.90. The van der Waals surface area contributed by atoms with Crippen molar-refractivity contribution in [2.45, 2.75) is 38.1 Å². The number of thioether (sulfide) groups is 1. The lowest BCUT2D eigenvalue weighted by Crippen LogP contribution is -2.20. The highest BCUT2D eigenvalue weighted by molar-refractivity contribution is 8.00. The monoisotopic (exact) mass is 244 g/mol. The fraction of sp³-hybridized carbons (Fsp3) is 0.889. The first-order valence-electron chi connectivity index (χ1n) is 4.63. The van der Waals surface area contributed by atoms with E-state index in [-0.39, 0.29) is 11.7 Å². The highest BCUT2D eigenvalue weighted by Crippen LogP contribution is 2.26. The molecule has 0 saturated heterocycles. The Labute approximate surface area is 91.2 Å². The van der Waals surface area contributed by atoms with Crippen LogP contribution in [0.3, 0.4) is 0 Å². The minimum absolute atomic E-state index is 0.171. The fourth-order valence-electron chi connectivity index (χ4n) is 0.985. The summed E-state index contributed by atoms with van der Waals surface area (Å²) in [6.45, 7) is 3.69. The molecule has 1 N–H and O–H groups in total. The lowest BCUT2D eigenvalue weighted by molar-refractivity contribution is -0.137. The number of carboxylic acids is 1. The van der Waals surface area contributed by atoms with E-state index >= 15 is 0 Å². The predicted molar refractivity (Wildman–Crippen MR) is 54.0 cm³/mol. The van der Waals surface area contributed by atoms with Crippen molar-refractivity contribution in [2.75, 3.05) is 5.75 Å². The molecule has 0 aliphatic heterocycles. The second-order valence-corrected chi connectivity index (χ2v) is 5.00. The van der Waals surface area contributed by atoms with Gasteiger partial charge in [-0.25, -0.2) is 0 Å². The van der Waals surface area contributed by atoms with Gasteiger partial charge in [-0.1, -0.05) is 13.8 Å². The van der Waals surface area contributed by atoms with E-state index in [1.807, 2.05) is 13.8 Å². The van der Waals surface area contributed by atoms with Gasteiger partial charge in [-0.3, -0.25) is 4.79 Å². The maximum absolute atomic E-state index is 11.8. The molecule has 0 amide bonds. The Balaban J connectivity index is 3.92. The van der Waals surface area contributed by atoms with Crippen LogP contribution in [0.4, 0.5) is 13.2 Å². The molecule has 0 radical (unpaired) electrons. The van der Waals surface area contributed by atoms with Gasteiger partial charge in [0.25, 0.3) is 0 Å². The van der Waals surface area contributed by atoms with Gasteiger partial charge in [-0.15, -0.1) is 11.8 Å². The molecule has 2 nitrogen and oxygen atoms in total. The smallest absolute Gasteiger partial charge is 0.389 e. The SMILES string of the molecule is CC(C)CC(SCCC(F)(F)F)C(=O)O. The maximum Gasteiger partial charge on any atom is 0.389 e. The molecule has 15 heavy (non-hydrogen) atoms. The second kappa shape index (κ2) is 6.25. The molecule has 0 aliphatic carbocycles. The van der Waals surface area contributed by atoms with Crippen LogP contribution in [-0.4, -0.2) is 28.3 Å². The highest BCUT2D eigenvalue weighted by Gasteiger charge is 2.28. The van der Waals surface area contributed by atoms with Crippen molar-refractivity contribution >= 4 is 17.7 Å². The molecule has 0 fully saturated rings. The van der Waals surface area contributed by atoms with E-state index in [4.69, 9.17) is 5.11 Å². The van der Waals surface area contributed by atoms with Gasteiger partial charge in [-0.2, -0.15) is 13.2 Å². The molecule has 0 saturated carbocycles. The van der Waals surface area contributed by atoms with Crippen molar-refractivity contribution in [1.82, 2.24) is 0 Å². The van der Waals surface area contributed by atoms with Gasteiger partial charge in [0.05, 0.1) is 6.42 Å². The first-order valence-corrected chi connectivity index (χ1v) is 5.68. The average Bonchev–Trinajstić information content (AvgIpc) is 1.99. The van der Waals surface area contributed by atoms with Crippen molar-refractivity contribution in [3.8, 4) is 0 Å². The van der Waals surface area contributed by atoms with Crippen LogP contribution in [0, 0.1) is 5.92 Å². The van der Waals surface area contributed by atoms with E-state index < -0.39 is 23.8 Å². The summed E-state index contributed by atoms with van der Waals surface area (Å²) in [6, 6.07) is 0. The van der Waals surface area contributed by atoms with Gasteiger partial charge in [0, 0.05) is 5.75 Å². The fourth-order valence-corrected chi connectivity index (χ4v) is 2.28. The van der Waals surface area contributed by atoms with Crippen LogP contribution in [0.2, 0.25) is 0 Å². The summed E-state index contributed by atoms with van der Waals surface area (Å²) >= 11 is 0.865. The molecule has 0 aliphatic rings. The van der Waals surface area contributed by atoms with Crippen LogP contribution in [0.15, 0.2) is 0 Å². The van der Waals surface area contributed by atoms with Crippen molar-refractivity contribution in [3.63, 3.8) is 0 Å². The van der Waals surface area contributed by atoms with E-state index in [9.17, 15) is 18.0 Å². The molecule has 0 bridgehead atoms. The number of carbonyl (C=O) groups is 1. The summed E-state index contributed by atoms with van der Waals surface area (Å²) in [7, 11) is 0. The Morgan fingerprint density at radius 3 is 2.27 bits per heavy atom. The number of halogens is 3. The molecule has 0 aromatic rings. The average molecular weight is 244 g/mol. The molecular weight excluding hydrogens is 229 g/mol. The van der Waals surface area contributed by atoms with Gasteiger partial charge in [-0.05, 0) is 12.3 Å². The lowest BCUT2D eigenvalue weighted by atomic mass is 10.1. The number of rotatable bonds is 6. The van der Waals surface area contributed by atoms with Crippen LogP contribution >= 0.6 is 11.8 Å². The standard InChI is InChI=1S/C9H15F3O2S/c1-6(2)5-7(8(13)14)15-4-3-9(10,11)12/h6-7H,3-5H2,1-2H3,(H,13,14). The topological polar surface area (TPSA) is 37.3 Å². The van der Waals surface area contributed by atoms with Crippen molar-refractivity contribution < 1.29 is 23.1 Å². The van der Waals surface area contributed by atoms with Crippen molar-refractivity contribution in [3.05, 3.63) is 0 Å². The Morgan fingerprint density at radius 2 is 1.93 bits per heavy atom. The number of hydrogen-bond donors (Lipinski definition) is 1. The summed E-state index contributed by atoms with van der Waals surface area (Å²) in [4.78, 5) is 10.7. The van der Waals surface area contributed by atoms with E-state index in [0.717, 1.165) is 11.8 Å². The first-order chi connectivity index (χ1) is 6.72. The molecular formula is C9H15F3O2S. The molecule has 0 spiro atoms. The third-order valence-electron chi connectivity index (χ3n) is 1.67. The third kappa shape index (κ3) is 8.59. The lowest BCUT2D eigenvalue weighted by Gasteiger charge is -2.14. The summed E-state index contributed by atoms with van der Waals surface area (Å²) < 4.78 is 35.4. The van der Waals surface area contributed by atoms with Crippen LogP contribution in [0.1, 0.15) is 26.7 Å². The molecule has 90 valence electrons. The molecule has 1 unspecified atom stereocenters. The van der Waals surface area contributed by atoms with Gasteiger partial charge < -0.3 is 5.11 Å². The molecule has 0 aromatic heterocycles. The first kappa shape index (κ1) is 14.6. The molecule has 0 aromatic carbocycles. The number of hydrogen-bond acceptors (Lipinski definition) is 2. The van der Waals surface area contributed by atoms with E-state index in [1.165, 1.54) is 0 Å². The van der Waals surface area contributed by atoms with Gasteiger partial charge >= 0.3 is 12.1 Å². The van der Waals surface area contributed by atoms with Crippen LogP contribution in [0.25, 0.3) is 0 Å². The van der Waals surface area contributed by atoms with Gasteiger partial charge in [0.2, 0.25) is 0 Å². The zero-order valence-electron chi connectivity index (χ0n) is 8.67. The number of aliphatic carboxylic acids is 1. The number of alkyl halides is 3. The minimum atomic E-state index is -4.20. The molecule has 6 heteroatoms. The van der Waals surface area contributed by atoms with Crippen molar-refractivity contribution in [1.29, 1.82) is 0 Å². The molecule has 0 rings (SSSR count). The highest BCUT2D eigenvalue weighted by atomic mass is 32.2. The number of carboxylic acid groups (broad SMARTS) is 1. The van der Waals surface area contributed by atoms with Gasteiger partial charge in [0.15, 0.2) is 0 Å². The summed E-state index contributed by atoms with van der Waals surface area (Å²) in [5, 5.41) is 8.02. The molecule has 0 heterocycles. The van der Waals surface area contributed by atoms with Crippen LogP contribution in [0.5, 0.6) is 0 Å². The second-order valence-electron chi connectivity index (χ2n) is 3.69. The normalized spacial score (nSPS) is 14.3. The Hall–Kier alpha value is -0.390. The minimum Gasteiger partial charge on any atom is -0.480 e. The summed E-state index contributed by atoms with van der Waals surface area (Å²) in [6.07, 6.45) is -4.73. The van der Waals surface area contributed by atoms with Gasteiger partial charge in [0.1, 0.15) is 5.25 Å². The zero-order chi connectivity index (χ0) is 12.1. The van der Waals surface area contributed by atoms with Crippen LogP contribution < -0.4 is 0 Å². The van der Waals surface area contributed by atoms with E-state index in [1.54, 1.807) is 0 Å². The van der Waals surface area contributed by atoms with E-state index in [2.05, 4.69) is 0 Å². The Bertz CT molecular complexity index is 204. The Morgan fingerprint density at radius 1 is 1.40 bits per heavy atom. The Kier molecular flexibility index (Phi) is 6.09. The van der Waals surface area contributed by atoms with E-state index in [0.29, 0.717) is 6.42 Å². The quantitative estimate of drug-likeness (QED) is 0.779. The van der Waals surface area contributed by atoms with Crippen LogP contribution in [-0.2, 0) is 4.79 Å². The largest absolute Gasteiger partial charge is 0.480 e. The maximum atomic E-state index is 11.8. The predicted octanol–water partition coefficient (Wildman–Crippen LogP) is 3.17. The zero-order valence-corrected chi connectivity index (χ0v) is 9.49. The summed E-state index contributed by atoms with van der Waals surface area (Å²) in [5.74, 6) is -1.05.